The Morgan fingerprint density at radius 3 is 2.73 bits per heavy atom. The number of benzene rings is 1. The van der Waals surface area contributed by atoms with E-state index in [4.69, 9.17) is 4.74 Å². The summed E-state index contributed by atoms with van der Waals surface area (Å²) < 4.78 is 5.25. The van der Waals surface area contributed by atoms with Crippen LogP contribution in [0.5, 0.6) is 0 Å². The number of nitrogens with zero attached hydrogens (tertiary/aromatic N) is 1. The van der Waals surface area contributed by atoms with Crippen molar-refractivity contribution < 1.29 is 14.3 Å². The number of hydrogen-bond acceptors (Lipinski definition) is 6. The van der Waals surface area contributed by atoms with Crippen molar-refractivity contribution in [2.75, 3.05) is 6.54 Å². The van der Waals surface area contributed by atoms with Gasteiger partial charge < -0.3 is 10.1 Å². The second-order valence-electron chi connectivity index (χ2n) is 5.54. The van der Waals surface area contributed by atoms with Gasteiger partial charge in [-0.1, -0.05) is 30.3 Å². The number of thiazole rings is 1. The molecular formula is C19H18N2O3S2. The molecular weight excluding hydrogens is 368 g/mol. The van der Waals surface area contributed by atoms with Gasteiger partial charge >= 0.3 is 5.97 Å². The third-order valence-electron chi connectivity index (χ3n) is 3.58. The second-order valence-corrected chi connectivity index (χ2v) is 7.18. The lowest BCUT2D eigenvalue weighted by Gasteiger charge is -2.04. The molecule has 0 radical (unpaired) electrons. The summed E-state index contributed by atoms with van der Waals surface area (Å²) in [7, 11) is 0. The summed E-state index contributed by atoms with van der Waals surface area (Å²) in [5.41, 5.74) is 2.44. The number of carbonyl (C=O) groups is 2. The van der Waals surface area contributed by atoms with Crippen LogP contribution in [-0.4, -0.2) is 23.4 Å². The lowest BCUT2D eigenvalue weighted by Crippen LogP contribution is -2.24. The number of hydrogen-bond donors (Lipinski definition) is 1. The van der Waals surface area contributed by atoms with Gasteiger partial charge in [0.25, 0.3) is 5.91 Å². The summed E-state index contributed by atoms with van der Waals surface area (Å²) in [5.74, 6) is -0.403. The normalized spacial score (nSPS) is 10.5. The molecule has 0 atom stereocenters. The topological polar surface area (TPSA) is 68.3 Å². The molecule has 0 saturated heterocycles. The molecule has 3 rings (SSSR count). The predicted molar refractivity (Wildman–Crippen MR) is 103 cm³/mol. The maximum Gasteiger partial charge on any atom is 0.306 e. The molecule has 2 heterocycles. The Labute approximate surface area is 159 Å². The molecule has 26 heavy (non-hydrogen) atoms. The number of aromatic nitrogens is 1. The number of rotatable bonds is 8. The minimum absolute atomic E-state index is 0.115. The first-order valence-corrected chi connectivity index (χ1v) is 10.0. The van der Waals surface area contributed by atoms with Crippen LogP contribution in [0.4, 0.5) is 0 Å². The zero-order valence-electron chi connectivity index (χ0n) is 14.0. The lowest BCUT2D eigenvalue weighted by atomic mass is 10.2. The molecule has 0 aliphatic heterocycles. The Balaban J connectivity index is 1.35. The number of ether oxygens (including phenoxy) is 1. The molecule has 2 aromatic heterocycles. The summed E-state index contributed by atoms with van der Waals surface area (Å²) in [5, 5.41) is 9.24. The van der Waals surface area contributed by atoms with Gasteiger partial charge in [-0.15, -0.1) is 11.3 Å². The molecule has 134 valence electrons. The average Bonchev–Trinajstić information content (AvgIpc) is 3.36. The molecule has 0 unspecified atom stereocenters. The fourth-order valence-corrected chi connectivity index (χ4v) is 3.69. The minimum atomic E-state index is -0.288. The molecule has 0 bridgehead atoms. The van der Waals surface area contributed by atoms with Gasteiger partial charge in [-0.25, -0.2) is 4.98 Å². The van der Waals surface area contributed by atoms with Crippen LogP contribution in [0.2, 0.25) is 0 Å². The van der Waals surface area contributed by atoms with Crippen LogP contribution in [0.1, 0.15) is 28.9 Å². The summed E-state index contributed by atoms with van der Waals surface area (Å²) in [6, 6.07) is 11.7. The highest BCUT2D eigenvalue weighted by Crippen LogP contribution is 2.23. The number of nitrogens with one attached hydrogen (secondary N) is 1. The Bertz CT molecular complexity index is 845. The molecule has 7 heteroatoms. The fourth-order valence-electron chi connectivity index (χ4n) is 2.24. The first kappa shape index (κ1) is 18.3. The highest BCUT2D eigenvalue weighted by atomic mass is 32.1. The van der Waals surface area contributed by atoms with Crippen molar-refractivity contribution in [3.63, 3.8) is 0 Å². The zero-order valence-corrected chi connectivity index (χ0v) is 15.6. The average molecular weight is 386 g/mol. The van der Waals surface area contributed by atoms with Crippen molar-refractivity contribution in [1.29, 1.82) is 0 Å². The first-order chi connectivity index (χ1) is 12.7. The molecule has 1 amide bonds. The van der Waals surface area contributed by atoms with Crippen LogP contribution in [-0.2, 0) is 16.1 Å². The van der Waals surface area contributed by atoms with Gasteiger partial charge in [-0.2, -0.15) is 11.3 Å². The van der Waals surface area contributed by atoms with Gasteiger partial charge in [0.2, 0.25) is 0 Å². The zero-order chi connectivity index (χ0) is 18.2. The second kappa shape index (κ2) is 9.26. The molecule has 5 nitrogen and oxygen atoms in total. The third-order valence-corrected chi connectivity index (χ3v) is 5.20. The number of thiophene rings is 1. The van der Waals surface area contributed by atoms with Crippen molar-refractivity contribution in [3.05, 3.63) is 63.8 Å². The summed E-state index contributed by atoms with van der Waals surface area (Å²) in [6.07, 6.45) is 0.806. The molecule has 1 aromatic carbocycles. The quantitative estimate of drug-likeness (QED) is 0.467. The largest absolute Gasteiger partial charge is 0.459 e. The van der Waals surface area contributed by atoms with Gasteiger partial charge in [0, 0.05) is 34.9 Å². The van der Waals surface area contributed by atoms with Crippen molar-refractivity contribution in [1.82, 2.24) is 10.3 Å². The van der Waals surface area contributed by atoms with Crippen LogP contribution < -0.4 is 5.32 Å². The van der Waals surface area contributed by atoms with Gasteiger partial charge in [-0.05, 0) is 17.9 Å². The van der Waals surface area contributed by atoms with E-state index in [1.165, 1.54) is 22.7 Å². The summed E-state index contributed by atoms with van der Waals surface area (Å²) in [6.45, 7) is 0.613. The molecule has 0 aliphatic carbocycles. The van der Waals surface area contributed by atoms with E-state index in [2.05, 4.69) is 10.3 Å². The molecule has 0 fully saturated rings. The van der Waals surface area contributed by atoms with Gasteiger partial charge in [-0.3, -0.25) is 9.59 Å². The van der Waals surface area contributed by atoms with Gasteiger partial charge in [0.1, 0.15) is 11.6 Å². The Hall–Kier alpha value is -2.51. The number of amides is 1. The smallest absolute Gasteiger partial charge is 0.306 e. The van der Waals surface area contributed by atoms with Gasteiger partial charge in [0.15, 0.2) is 0 Å². The van der Waals surface area contributed by atoms with Crippen molar-refractivity contribution >= 4 is 34.6 Å². The van der Waals surface area contributed by atoms with Crippen molar-refractivity contribution in [2.24, 2.45) is 0 Å². The van der Waals surface area contributed by atoms with Crippen molar-refractivity contribution in [2.45, 2.75) is 19.4 Å². The van der Waals surface area contributed by atoms with E-state index in [9.17, 15) is 9.59 Å². The van der Waals surface area contributed by atoms with E-state index in [1.54, 1.807) is 11.4 Å². The highest BCUT2D eigenvalue weighted by molar-refractivity contribution is 7.13. The predicted octanol–water partition coefficient (Wildman–Crippen LogP) is 4.13. The van der Waals surface area contributed by atoms with Gasteiger partial charge in [0.05, 0.1) is 5.69 Å². The lowest BCUT2D eigenvalue weighted by molar-refractivity contribution is -0.145. The number of carbonyl (C=O) groups excluding carboxylic acids is 2. The van der Waals surface area contributed by atoms with E-state index in [-0.39, 0.29) is 24.9 Å². The molecule has 3 aromatic rings. The van der Waals surface area contributed by atoms with E-state index in [1.807, 2.05) is 41.1 Å². The van der Waals surface area contributed by atoms with Crippen LogP contribution in [0, 0.1) is 0 Å². The van der Waals surface area contributed by atoms with E-state index >= 15 is 0 Å². The number of esters is 1. The molecule has 0 aliphatic rings. The minimum Gasteiger partial charge on any atom is -0.459 e. The first-order valence-electron chi connectivity index (χ1n) is 8.18. The molecule has 1 N–H and O–H groups in total. The van der Waals surface area contributed by atoms with Crippen LogP contribution in [0.15, 0.2) is 52.5 Å². The molecule has 0 saturated carbocycles. The van der Waals surface area contributed by atoms with Crippen LogP contribution in [0.25, 0.3) is 10.6 Å². The van der Waals surface area contributed by atoms with Crippen LogP contribution in [0.3, 0.4) is 0 Å². The maximum atomic E-state index is 11.8. The highest BCUT2D eigenvalue weighted by Gasteiger charge is 2.09. The monoisotopic (exact) mass is 386 g/mol. The Morgan fingerprint density at radius 2 is 1.96 bits per heavy atom. The SMILES string of the molecule is O=C(CCCNC(=O)c1ccsc1)OCc1csc(-c2ccccc2)n1. The van der Waals surface area contributed by atoms with E-state index in [0.717, 1.165) is 16.3 Å². The molecule has 0 spiro atoms. The Kier molecular flexibility index (Phi) is 6.51. The maximum absolute atomic E-state index is 11.8. The van der Waals surface area contributed by atoms with Crippen molar-refractivity contribution in [3.8, 4) is 10.6 Å². The Morgan fingerprint density at radius 1 is 1.12 bits per heavy atom. The summed E-state index contributed by atoms with van der Waals surface area (Å²) in [4.78, 5) is 28.0. The standard InChI is InChI=1S/C19H18N2O3S2/c22-17(7-4-9-20-18(23)15-8-10-25-12-15)24-11-16-13-26-19(21-16)14-5-2-1-3-6-14/h1-3,5-6,8,10,12-13H,4,7,9,11H2,(H,20,23). The van der Waals surface area contributed by atoms with Crippen LogP contribution >= 0.6 is 22.7 Å². The third kappa shape index (κ3) is 5.24. The van der Waals surface area contributed by atoms with E-state index < -0.39 is 0 Å². The fraction of sp³-hybridized carbons (Fsp3) is 0.211. The summed E-state index contributed by atoms with van der Waals surface area (Å²) >= 11 is 3.01. The van der Waals surface area contributed by atoms with E-state index in [0.29, 0.717) is 18.5 Å².